The van der Waals surface area contributed by atoms with Crippen molar-refractivity contribution in [2.24, 2.45) is 0 Å². The summed E-state index contributed by atoms with van der Waals surface area (Å²) in [7, 11) is 0. The van der Waals surface area contributed by atoms with Gasteiger partial charge in [-0.1, -0.05) is 60.7 Å². The van der Waals surface area contributed by atoms with E-state index in [0.717, 1.165) is 16.0 Å². The van der Waals surface area contributed by atoms with Crippen LogP contribution < -0.4 is 10.6 Å². The smallest absolute Gasteiger partial charge is 0.350 e. The molecule has 1 aromatic heterocycles. The van der Waals surface area contributed by atoms with Crippen LogP contribution in [0.25, 0.3) is 10.4 Å². The third kappa shape index (κ3) is 5.53. The molecule has 0 bridgehead atoms. The number of amides is 1. The van der Waals surface area contributed by atoms with Crippen LogP contribution in [-0.2, 0) is 9.53 Å². The van der Waals surface area contributed by atoms with Gasteiger partial charge in [-0.25, -0.2) is 4.79 Å². The first-order valence-electron chi connectivity index (χ1n) is 9.53. The van der Waals surface area contributed by atoms with E-state index >= 15 is 0 Å². The van der Waals surface area contributed by atoms with Crippen molar-refractivity contribution in [2.75, 3.05) is 18.5 Å². The number of carbonyl (C=O) groups is 2. The molecule has 1 amide bonds. The summed E-state index contributed by atoms with van der Waals surface area (Å²) in [4.78, 5) is 26.2. The summed E-state index contributed by atoms with van der Waals surface area (Å²) in [5.41, 5.74) is 2.57. The summed E-state index contributed by atoms with van der Waals surface area (Å²) >= 11 is 1.31. The molecule has 6 heteroatoms. The Morgan fingerprint density at radius 1 is 1.03 bits per heavy atom. The van der Waals surface area contributed by atoms with E-state index in [2.05, 4.69) is 10.6 Å². The first kappa shape index (κ1) is 20.8. The highest BCUT2D eigenvalue weighted by atomic mass is 32.1. The molecule has 2 N–H and O–H groups in total. The van der Waals surface area contributed by atoms with Crippen LogP contribution in [-0.4, -0.2) is 25.0 Å². The quantitative estimate of drug-likeness (QED) is 0.521. The number of anilines is 1. The van der Waals surface area contributed by atoms with Gasteiger partial charge < -0.3 is 15.4 Å². The van der Waals surface area contributed by atoms with E-state index in [1.807, 2.05) is 73.7 Å². The van der Waals surface area contributed by atoms with Gasteiger partial charge >= 0.3 is 5.97 Å². The van der Waals surface area contributed by atoms with E-state index in [1.165, 1.54) is 11.3 Å². The molecule has 0 aliphatic heterocycles. The number of rotatable bonds is 8. The first-order valence-corrected chi connectivity index (χ1v) is 10.3. The van der Waals surface area contributed by atoms with Crippen molar-refractivity contribution in [3.8, 4) is 10.4 Å². The molecule has 0 fully saturated rings. The Balaban J connectivity index is 1.72. The highest BCUT2D eigenvalue weighted by Crippen LogP contribution is 2.35. The Hall–Kier alpha value is -2.96. The van der Waals surface area contributed by atoms with Gasteiger partial charge in [0.25, 0.3) is 0 Å². The number of ether oxygens (including phenoxy) is 1. The number of hydrogen-bond donors (Lipinski definition) is 2. The maximum absolute atomic E-state index is 12.5. The molecule has 0 saturated heterocycles. The zero-order valence-corrected chi connectivity index (χ0v) is 17.3. The van der Waals surface area contributed by atoms with Gasteiger partial charge in [-0.2, -0.15) is 0 Å². The highest BCUT2D eigenvalue weighted by molar-refractivity contribution is 7.18. The zero-order chi connectivity index (χ0) is 20.6. The second kappa shape index (κ2) is 10.0. The summed E-state index contributed by atoms with van der Waals surface area (Å²) < 4.78 is 5.16. The molecule has 150 valence electrons. The van der Waals surface area contributed by atoms with Crippen molar-refractivity contribution in [3.05, 3.63) is 77.2 Å². The third-order valence-electron chi connectivity index (χ3n) is 4.39. The average molecular weight is 409 g/mol. The standard InChI is InChI=1S/C23H24N2O3S/c1-3-28-23(27)22-19(14-20(29-22)18-12-8-5-9-13-18)25-21(26)15-24-16(2)17-10-6-4-7-11-17/h4-14,16,24H,3,15H2,1-2H3,(H,25,26)/t16-/m1/s1. The van der Waals surface area contributed by atoms with Crippen LogP contribution in [0, 0.1) is 0 Å². The van der Waals surface area contributed by atoms with Gasteiger partial charge in [-0.15, -0.1) is 11.3 Å². The minimum absolute atomic E-state index is 0.0360. The maximum Gasteiger partial charge on any atom is 0.350 e. The number of benzene rings is 2. The molecule has 29 heavy (non-hydrogen) atoms. The Morgan fingerprint density at radius 3 is 2.34 bits per heavy atom. The monoisotopic (exact) mass is 408 g/mol. The molecule has 5 nitrogen and oxygen atoms in total. The predicted octanol–water partition coefficient (Wildman–Crippen LogP) is 4.88. The lowest BCUT2D eigenvalue weighted by atomic mass is 10.1. The van der Waals surface area contributed by atoms with Gasteiger partial charge in [0.1, 0.15) is 4.88 Å². The van der Waals surface area contributed by atoms with E-state index in [9.17, 15) is 9.59 Å². The minimum atomic E-state index is -0.430. The van der Waals surface area contributed by atoms with Crippen molar-refractivity contribution in [2.45, 2.75) is 19.9 Å². The van der Waals surface area contributed by atoms with Crippen molar-refractivity contribution in [1.29, 1.82) is 0 Å². The number of nitrogens with one attached hydrogen (secondary N) is 2. The molecular weight excluding hydrogens is 384 g/mol. The number of hydrogen-bond acceptors (Lipinski definition) is 5. The van der Waals surface area contributed by atoms with Crippen molar-refractivity contribution >= 4 is 28.9 Å². The molecule has 0 unspecified atom stereocenters. The molecule has 3 rings (SSSR count). The maximum atomic E-state index is 12.5. The number of thiophene rings is 1. The molecule has 0 aliphatic carbocycles. The van der Waals surface area contributed by atoms with E-state index in [-0.39, 0.29) is 25.1 Å². The Kier molecular flexibility index (Phi) is 7.16. The van der Waals surface area contributed by atoms with E-state index < -0.39 is 5.97 Å². The second-order valence-corrected chi connectivity index (χ2v) is 7.55. The van der Waals surface area contributed by atoms with Gasteiger partial charge in [-0.05, 0) is 31.0 Å². The molecule has 0 aliphatic rings. The molecule has 2 aromatic carbocycles. The van der Waals surface area contributed by atoms with Crippen LogP contribution in [0.5, 0.6) is 0 Å². The largest absolute Gasteiger partial charge is 0.462 e. The minimum Gasteiger partial charge on any atom is -0.462 e. The van der Waals surface area contributed by atoms with Crippen LogP contribution in [0.2, 0.25) is 0 Å². The molecule has 1 heterocycles. The van der Waals surface area contributed by atoms with Gasteiger partial charge in [0.15, 0.2) is 0 Å². The van der Waals surface area contributed by atoms with Crippen LogP contribution >= 0.6 is 11.3 Å². The normalized spacial score (nSPS) is 11.7. The van der Waals surface area contributed by atoms with Gasteiger partial charge in [-0.3, -0.25) is 4.79 Å². The van der Waals surface area contributed by atoms with Crippen molar-refractivity contribution in [1.82, 2.24) is 5.32 Å². The molecule has 0 spiro atoms. The summed E-state index contributed by atoms with van der Waals surface area (Å²) in [6, 6.07) is 21.5. The lowest BCUT2D eigenvalue weighted by Crippen LogP contribution is -2.30. The lowest BCUT2D eigenvalue weighted by molar-refractivity contribution is -0.115. The number of esters is 1. The van der Waals surface area contributed by atoms with Crippen LogP contribution in [0.1, 0.15) is 35.1 Å². The predicted molar refractivity (Wildman–Crippen MR) is 117 cm³/mol. The highest BCUT2D eigenvalue weighted by Gasteiger charge is 2.20. The molecule has 3 aromatic rings. The molecular formula is C23H24N2O3S. The van der Waals surface area contributed by atoms with Gasteiger partial charge in [0, 0.05) is 10.9 Å². The SMILES string of the molecule is CCOC(=O)c1sc(-c2ccccc2)cc1NC(=O)CN[C@H](C)c1ccccc1. The lowest BCUT2D eigenvalue weighted by Gasteiger charge is -2.14. The molecule has 0 radical (unpaired) electrons. The van der Waals surface area contributed by atoms with E-state index in [0.29, 0.717) is 10.6 Å². The third-order valence-corrected chi connectivity index (χ3v) is 5.56. The summed E-state index contributed by atoms with van der Waals surface area (Å²) in [5, 5.41) is 6.06. The van der Waals surface area contributed by atoms with Gasteiger partial charge in [0.05, 0.1) is 18.8 Å². The Labute approximate surface area is 174 Å². The average Bonchev–Trinajstić information content (AvgIpc) is 3.17. The fraction of sp³-hybridized carbons (Fsp3) is 0.217. The van der Waals surface area contributed by atoms with Crippen LogP contribution in [0.4, 0.5) is 5.69 Å². The van der Waals surface area contributed by atoms with Crippen LogP contribution in [0.3, 0.4) is 0 Å². The fourth-order valence-electron chi connectivity index (χ4n) is 2.88. The van der Waals surface area contributed by atoms with Crippen molar-refractivity contribution < 1.29 is 14.3 Å². The summed E-state index contributed by atoms with van der Waals surface area (Å²) in [6.07, 6.45) is 0. The van der Waals surface area contributed by atoms with E-state index in [4.69, 9.17) is 4.74 Å². The first-order chi connectivity index (χ1) is 14.1. The second-order valence-electron chi connectivity index (χ2n) is 6.50. The molecule has 0 saturated carbocycles. The Morgan fingerprint density at radius 2 is 1.69 bits per heavy atom. The fourth-order valence-corrected chi connectivity index (χ4v) is 3.89. The topological polar surface area (TPSA) is 67.4 Å². The summed E-state index contributed by atoms with van der Waals surface area (Å²) in [6.45, 7) is 4.18. The zero-order valence-electron chi connectivity index (χ0n) is 16.5. The van der Waals surface area contributed by atoms with Gasteiger partial charge in [0.2, 0.25) is 5.91 Å². The Bertz CT molecular complexity index is 955. The number of carbonyl (C=O) groups excluding carboxylic acids is 2. The van der Waals surface area contributed by atoms with E-state index in [1.54, 1.807) is 6.92 Å². The summed E-state index contributed by atoms with van der Waals surface area (Å²) in [5.74, 6) is -0.642. The van der Waals surface area contributed by atoms with Crippen LogP contribution in [0.15, 0.2) is 66.7 Å². The molecule has 1 atom stereocenters. The van der Waals surface area contributed by atoms with Crippen molar-refractivity contribution in [3.63, 3.8) is 0 Å².